The monoisotopic (exact) mass is 251 g/mol. The van der Waals surface area contributed by atoms with Crippen molar-refractivity contribution in [2.75, 3.05) is 5.32 Å². The number of furan rings is 1. The van der Waals surface area contributed by atoms with Gasteiger partial charge < -0.3 is 9.73 Å². The molecule has 0 unspecified atom stereocenters. The largest absolute Gasteiger partial charge is 0.465 e. The minimum Gasteiger partial charge on any atom is -0.465 e. The number of hydrogen-bond donors (Lipinski definition) is 1. The molecule has 0 bridgehead atoms. The van der Waals surface area contributed by atoms with Gasteiger partial charge in [0.25, 0.3) is 0 Å². The molecule has 5 heteroatoms. The summed E-state index contributed by atoms with van der Waals surface area (Å²) < 4.78 is 5.46. The van der Waals surface area contributed by atoms with Gasteiger partial charge in [0.05, 0.1) is 6.54 Å². The summed E-state index contributed by atoms with van der Waals surface area (Å²) in [6.45, 7) is 6.39. The van der Waals surface area contributed by atoms with Crippen LogP contribution in [-0.2, 0) is 6.54 Å². The lowest BCUT2D eigenvalue weighted by Gasteiger charge is -2.09. The number of nitrogens with one attached hydrogen (secondary N) is 1. The molecule has 0 saturated carbocycles. The Hall–Kier alpha value is -1.55. The third kappa shape index (κ3) is 2.58. The van der Waals surface area contributed by atoms with Gasteiger partial charge in [-0.2, -0.15) is 0 Å². The average molecular weight is 252 g/mol. The highest BCUT2D eigenvalue weighted by Crippen LogP contribution is 2.21. The molecule has 1 N–H and O–H groups in total. The molecule has 0 amide bonds. The number of rotatable bonds is 3. The second kappa shape index (κ2) is 4.75. The Morgan fingerprint density at radius 2 is 1.94 bits per heavy atom. The van der Waals surface area contributed by atoms with Gasteiger partial charge in [-0.05, 0) is 44.0 Å². The zero-order chi connectivity index (χ0) is 12.4. The van der Waals surface area contributed by atoms with Gasteiger partial charge in [-0.25, -0.2) is 0 Å². The van der Waals surface area contributed by atoms with Gasteiger partial charge in [-0.3, -0.25) is 0 Å². The van der Waals surface area contributed by atoms with Crippen LogP contribution >= 0.6 is 11.6 Å². The quantitative estimate of drug-likeness (QED) is 0.910. The number of anilines is 1. The first-order valence-corrected chi connectivity index (χ1v) is 5.74. The second-order valence-electron chi connectivity index (χ2n) is 3.96. The normalized spacial score (nSPS) is 10.6. The number of nitrogens with zero attached hydrogens (tertiary/aromatic N) is 2. The molecule has 2 rings (SSSR count). The van der Waals surface area contributed by atoms with Crippen LogP contribution in [0, 0.1) is 20.8 Å². The molecule has 0 atom stereocenters. The molecular formula is C12H14ClN3O. The molecule has 0 spiro atoms. The third-order valence-electron chi connectivity index (χ3n) is 2.69. The van der Waals surface area contributed by atoms with Crippen molar-refractivity contribution in [2.45, 2.75) is 27.3 Å². The number of aryl methyl sites for hydroxylation is 1. The molecule has 0 aliphatic heterocycles. The van der Waals surface area contributed by atoms with Crippen LogP contribution in [0.15, 0.2) is 16.5 Å². The summed E-state index contributed by atoms with van der Waals surface area (Å²) in [7, 11) is 0. The SMILES string of the molecule is Cc1ccc(CNc2nnc(Cl)c(C)c2C)o1. The molecule has 0 aliphatic rings. The number of aromatic nitrogens is 2. The Labute approximate surface area is 105 Å². The lowest BCUT2D eigenvalue weighted by molar-refractivity contribution is 0.490. The molecular weight excluding hydrogens is 238 g/mol. The molecule has 0 aliphatic carbocycles. The van der Waals surface area contributed by atoms with Crippen LogP contribution in [-0.4, -0.2) is 10.2 Å². The van der Waals surface area contributed by atoms with E-state index in [1.807, 2.05) is 32.9 Å². The van der Waals surface area contributed by atoms with Crippen LogP contribution in [0.3, 0.4) is 0 Å². The minimum atomic E-state index is 0.446. The van der Waals surface area contributed by atoms with Crippen molar-refractivity contribution in [1.82, 2.24) is 10.2 Å². The molecule has 0 radical (unpaired) electrons. The van der Waals surface area contributed by atoms with Crippen LogP contribution in [0.2, 0.25) is 5.15 Å². The smallest absolute Gasteiger partial charge is 0.155 e. The molecule has 2 aromatic rings. The fraction of sp³-hybridized carbons (Fsp3) is 0.333. The Balaban J connectivity index is 2.12. The van der Waals surface area contributed by atoms with E-state index in [2.05, 4.69) is 15.5 Å². The lowest BCUT2D eigenvalue weighted by Crippen LogP contribution is -2.05. The zero-order valence-electron chi connectivity index (χ0n) is 10.0. The van der Waals surface area contributed by atoms with E-state index in [4.69, 9.17) is 16.0 Å². The highest BCUT2D eigenvalue weighted by molar-refractivity contribution is 6.30. The standard InChI is InChI=1S/C12H14ClN3O/c1-7-4-5-10(17-7)6-14-12-9(3)8(2)11(13)15-16-12/h4-5H,6H2,1-3H3,(H,14,16). The minimum absolute atomic E-state index is 0.446. The van der Waals surface area contributed by atoms with Crippen LogP contribution in [0.1, 0.15) is 22.6 Å². The van der Waals surface area contributed by atoms with Crippen molar-refractivity contribution in [1.29, 1.82) is 0 Å². The van der Waals surface area contributed by atoms with E-state index >= 15 is 0 Å². The van der Waals surface area contributed by atoms with Crippen molar-refractivity contribution in [3.63, 3.8) is 0 Å². The first-order chi connectivity index (χ1) is 8.08. The topological polar surface area (TPSA) is 51.0 Å². The summed E-state index contributed by atoms with van der Waals surface area (Å²) in [5, 5.41) is 11.5. The summed E-state index contributed by atoms with van der Waals surface area (Å²) in [6, 6.07) is 3.87. The highest BCUT2D eigenvalue weighted by atomic mass is 35.5. The van der Waals surface area contributed by atoms with Crippen molar-refractivity contribution in [3.05, 3.63) is 39.9 Å². The first-order valence-electron chi connectivity index (χ1n) is 5.36. The van der Waals surface area contributed by atoms with E-state index in [0.29, 0.717) is 11.7 Å². The maximum absolute atomic E-state index is 5.89. The van der Waals surface area contributed by atoms with E-state index in [1.54, 1.807) is 0 Å². The molecule has 0 aromatic carbocycles. The first kappa shape index (κ1) is 11.9. The van der Waals surface area contributed by atoms with E-state index in [1.165, 1.54) is 0 Å². The molecule has 2 heterocycles. The van der Waals surface area contributed by atoms with E-state index in [-0.39, 0.29) is 0 Å². The molecule has 90 valence electrons. The summed E-state index contributed by atoms with van der Waals surface area (Å²) in [4.78, 5) is 0. The van der Waals surface area contributed by atoms with E-state index < -0.39 is 0 Å². The number of hydrogen-bond acceptors (Lipinski definition) is 4. The summed E-state index contributed by atoms with van der Waals surface area (Å²) in [6.07, 6.45) is 0. The fourth-order valence-electron chi connectivity index (χ4n) is 1.50. The Morgan fingerprint density at radius 3 is 2.59 bits per heavy atom. The Bertz CT molecular complexity index is 537. The third-order valence-corrected chi connectivity index (χ3v) is 3.05. The van der Waals surface area contributed by atoms with Crippen LogP contribution < -0.4 is 5.32 Å². The summed E-state index contributed by atoms with van der Waals surface area (Å²) >= 11 is 5.89. The van der Waals surface area contributed by atoms with Crippen LogP contribution in [0.25, 0.3) is 0 Å². The van der Waals surface area contributed by atoms with Crippen molar-refractivity contribution in [2.24, 2.45) is 0 Å². The molecule has 0 fully saturated rings. The van der Waals surface area contributed by atoms with Crippen LogP contribution in [0.4, 0.5) is 5.82 Å². The molecule has 4 nitrogen and oxygen atoms in total. The maximum atomic E-state index is 5.89. The predicted octanol–water partition coefficient (Wildman–Crippen LogP) is 3.26. The van der Waals surface area contributed by atoms with Crippen LogP contribution in [0.5, 0.6) is 0 Å². The van der Waals surface area contributed by atoms with Gasteiger partial charge in [0.1, 0.15) is 11.5 Å². The summed E-state index contributed by atoms with van der Waals surface area (Å²) in [5.41, 5.74) is 1.95. The van der Waals surface area contributed by atoms with Gasteiger partial charge in [-0.1, -0.05) is 11.6 Å². The van der Waals surface area contributed by atoms with Crippen molar-refractivity contribution >= 4 is 17.4 Å². The molecule has 2 aromatic heterocycles. The molecule has 17 heavy (non-hydrogen) atoms. The second-order valence-corrected chi connectivity index (χ2v) is 4.31. The van der Waals surface area contributed by atoms with Gasteiger partial charge in [0, 0.05) is 0 Å². The zero-order valence-corrected chi connectivity index (χ0v) is 10.8. The van der Waals surface area contributed by atoms with E-state index in [0.717, 1.165) is 28.5 Å². The predicted molar refractivity (Wildman–Crippen MR) is 67.3 cm³/mol. The van der Waals surface area contributed by atoms with Gasteiger partial charge in [0.2, 0.25) is 0 Å². The van der Waals surface area contributed by atoms with Gasteiger partial charge >= 0.3 is 0 Å². The summed E-state index contributed by atoms with van der Waals surface area (Å²) in [5.74, 6) is 2.51. The van der Waals surface area contributed by atoms with Gasteiger partial charge in [-0.15, -0.1) is 10.2 Å². The fourth-order valence-corrected chi connectivity index (χ4v) is 1.67. The van der Waals surface area contributed by atoms with E-state index in [9.17, 15) is 0 Å². The molecule has 0 saturated heterocycles. The van der Waals surface area contributed by atoms with Gasteiger partial charge in [0.15, 0.2) is 11.0 Å². The van der Waals surface area contributed by atoms with Crippen molar-refractivity contribution in [3.8, 4) is 0 Å². The number of halogens is 1. The average Bonchev–Trinajstić information content (AvgIpc) is 2.71. The Kier molecular flexibility index (Phi) is 3.33. The maximum Gasteiger partial charge on any atom is 0.155 e. The lowest BCUT2D eigenvalue weighted by atomic mass is 10.2. The van der Waals surface area contributed by atoms with Crippen molar-refractivity contribution < 1.29 is 4.42 Å². The Morgan fingerprint density at radius 1 is 1.18 bits per heavy atom. The highest BCUT2D eigenvalue weighted by Gasteiger charge is 2.08.